The standard InChI is InChI=1S/C13H12N2O2/c1-17-12-5-3-2-4-11(12)9-6-10(13(14)16)8-15-7-9/h2-8H,1H3,(H2,14,16). The van der Waals surface area contributed by atoms with Crippen LogP contribution in [0.15, 0.2) is 42.7 Å². The lowest BCUT2D eigenvalue weighted by molar-refractivity contribution is 0.1000. The number of methoxy groups -OCH3 is 1. The van der Waals surface area contributed by atoms with E-state index in [1.165, 1.54) is 6.20 Å². The Kier molecular flexibility index (Phi) is 3.05. The first-order valence-electron chi connectivity index (χ1n) is 5.10. The van der Waals surface area contributed by atoms with Crippen molar-refractivity contribution >= 4 is 5.91 Å². The number of carbonyl (C=O) groups is 1. The number of para-hydroxylation sites is 1. The van der Waals surface area contributed by atoms with Crippen LogP contribution in [0.5, 0.6) is 5.75 Å². The van der Waals surface area contributed by atoms with Gasteiger partial charge >= 0.3 is 0 Å². The third-order valence-electron chi connectivity index (χ3n) is 2.44. The van der Waals surface area contributed by atoms with E-state index in [2.05, 4.69) is 4.98 Å². The number of pyridine rings is 1. The van der Waals surface area contributed by atoms with E-state index in [0.29, 0.717) is 5.56 Å². The first-order chi connectivity index (χ1) is 8.22. The van der Waals surface area contributed by atoms with Crippen molar-refractivity contribution < 1.29 is 9.53 Å². The number of amides is 1. The molecule has 86 valence electrons. The molecule has 4 nitrogen and oxygen atoms in total. The summed E-state index contributed by atoms with van der Waals surface area (Å²) in [6, 6.07) is 9.24. The van der Waals surface area contributed by atoms with E-state index < -0.39 is 5.91 Å². The average molecular weight is 228 g/mol. The summed E-state index contributed by atoms with van der Waals surface area (Å²) in [4.78, 5) is 15.1. The molecule has 0 saturated heterocycles. The lowest BCUT2D eigenvalue weighted by Gasteiger charge is -2.08. The van der Waals surface area contributed by atoms with Gasteiger partial charge in [-0.25, -0.2) is 0 Å². The van der Waals surface area contributed by atoms with Gasteiger partial charge in [0.25, 0.3) is 0 Å². The summed E-state index contributed by atoms with van der Waals surface area (Å²) in [7, 11) is 1.60. The van der Waals surface area contributed by atoms with E-state index >= 15 is 0 Å². The van der Waals surface area contributed by atoms with Crippen molar-refractivity contribution in [2.24, 2.45) is 5.73 Å². The molecule has 2 aromatic rings. The molecule has 1 aromatic carbocycles. The third-order valence-corrected chi connectivity index (χ3v) is 2.44. The molecule has 2 N–H and O–H groups in total. The van der Waals surface area contributed by atoms with Gasteiger partial charge in [0.15, 0.2) is 0 Å². The van der Waals surface area contributed by atoms with E-state index in [1.54, 1.807) is 19.4 Å². The second-order valence-corrected chi connectivity index (χ2v) is 3.53. The Labute approximate surface area is 99.1 Å². The lowest BCUT2D eigenvalue weighted by Crippen LogP contribution is -2.11. The van der Waals surface area contributed by atoms with Gasteiger partial charge in [0.2, 0.25) is 5.91 Å². The number of aromatic nitrogens is 1. The molecule has 4 heteroatoms. The number of nitrogens with zero attached hydrogens (tertiary/aromatic N) is 1. The minimum atomic E-state index is -0.491. The minimum absolute atomic E-state index is 0.383. The van der Waals surface area contributed by atoms with Crippen LogP contribution >= 0.6 is 0 Å². The highest BCUT2D eigenvalue weighted by Crippen LogP contribution is 2.29. The number of carbonyl (C=O) groups excluding carboxylic acids is 1. The van der Waals surface area contributed by atoms with E-state index in [1.807, 2.05) is 24.3 Å². The molecule has 0 spiro atoms. The zero-order valence-corrected chi connectivity index (χ0v) is 9.38. The number of rotatable bonds is 3. The van der Waals surface area contributed by atoms with Gasteiger partial charge in [0.1, 0.15) is 5.75 Å². The summed E-state index contributed by atoms with van der Waals surface area (Å²) in [6.45, 7) is 0. The summed E-state index contributed by atoms with van der Waals surface area (Å²) in [5.74, 6) is 0.241. The molecular weight excluding hydrogens is 216 g/mol. The molecular formula is C13H12N2O2. The SMILES string of the molecule is COc1ccccc1-c1cncc(C(N)=O)c1. The van der Waals surface area contributed by atoms with Crippen LogP contribution in [-0.4, -0.2) is 18.0 Å². The van der Waals surface area contributed by atoms with Crippen molar-refractivity contribution in [3.8, 4) is 16.9 Å². The molecule has 0 aliphatic heterocycles. The van der Waals surface area contributed by atoms with Crippen LogP contribution in [0.3, 0.4) is 0 Å². The molecule has 0 unspecified atom stereocenters. The van der Waals surface area contributed by atoms with Gasteiger partial charge in [-0.2, -0.15) is 0 Å². The highest BCUT2D eigenvalue weighted by Gasteiger charge is 2.07. The van der Waals surface area contributed by atoms with E-state index in [0.717, 1.165) is 16.9 Å². The second-order valence-electron chi connectivity index (χ2n) is 3.53. The van der Waals surface area contributed by atoms with Crippen molar-refractivity contribution in [2.45, 2.75) is 0 Å². The van der Waals surface area contributed by atoms with Crippen molar-refractivity contribution in [1.82, 2.24) is 4.98 Å². The van der Waals surface area contributed by atoms with Gasteiger partial charge in [-0.15, -0.1) is 0 Å². The van der Waals surface area contributed by atoms with Crippen LogP contribution < -0.4 is 10.5 Å². The summed E-state index contributed by atoms with van der Waals surface area (Å²) in [5, 5.41) is 0. The number of nitrogens with two attached hydrogens (primary N) is 1. The molecule has 0 aliphatic carbocycles. The number of hydrogen-bond acceptors (Lipinski definition) is 3. The number of ether oxygens (including phenoxy) is 1. The first-order valence-corrected chi connectivity index (χ1v) is 5.10. The second kappa shape index (κ2) is 4.65. The maximum atomic E-state index is 11.1. The fourth-order valence-corrected chi connectivity index (χ4v) is 1.61. The van der Waals surface area contributed by atoms with Crippen LogP contribution in [0.1, 0.15) is 10.4 Å². The molecule has 0 fully saturated rings. The Balaban J connectivity index is 2.52. The quantitative estimate of drug-likeness (QED) is 0.871. The maximum Gasteiger partial charge on any atom is 0.250 e. The van der Waals surface area contributed by atoms with Crippen LogP contribution in [-0.2, 0) is 0 Å². The zero-order chi connectivity index (χ0) is 12.3. The molecule has 0 saturated carbocycles. The summed E-state index contributed by atoms with van der Waals surface area (Å²) in [5.41, 5.74) is 7.29. The van der Waals surface area contributed by atoms with Crippen molar-refractivity contribution in [2.75, 3.05) is 7.11 Å². The van der Waals surface area contributed by atoms with Gasteiger partial charge in [0.05, 0.1) is 12.7 Å². The van der Waals surface area contributed by atoms with Crippen molar-refractivity contribution in [3.05, 3.63) is 48.3 Å². The van der Waals surface area contributed by atoms with E-state index in [4.69, 9.17) is 10.5 Å². The topological polar surface area (TPSA) is 65.2 Å². The third kappa shape index (κ3) is 2.25. The molecule has 1 amide bonds. The van der Waals surface area contributed by atoms with Gasteiger partial charge in [-0.3, -0.25) is 9.78 Å². The molecule has 1 heterocycles. The fraction of sp³-hybridized carbons (Fsp3) is 0.0769. The minimum Gasteiger partial charge on any atom is -0.496 e. The monoisotopic (exact) mass is 228 g/mol. The van der Waals surface area contributed by atoms with Crippen LogP contribution in [0.2, 0.25) is 0 Å². The highest BCUT2D eigenvalue weighted by molar-refractivity contribution is 5.93. The van der Waals surface area contributed by atoms with Crippen molar-refractivity contribution in [3.63, 3.8) is 0 Å². The molecule has 0 bridgehead atoms. The van der Waals surface area contributed by atoms with Crippen molar-refractivity contribution in [1.29, 1.82) is 0 Å². The van der Waals surface area contributed by atoms with Gasteiger partial charge in [-0.05, 0) is 12.1 Å². The number of primary amides is 1. The fourth-order valence-electron chi connectivity index (χ4n) is 1.61. The summed E-state index contributed by atoms with van der Waals surface area (Å²) >= 11 is 0. The zero-order valence-electron chi connectivity index (χ0n) is 9.38. The van der Waals surface area contributed by atoms with Crippen LogP contribution in [0.4, 0.5) is 0 Å². The van der Waals surface area contributed by atoms with Gasteiger partial charge in [0, 0.05) is 23.5 Å². The van der Waals surface area contributed by atoms with E-state index in [-0.39, 0.29) is 0 Å². The molecule has 0 radical (unpaired) electrons. The molecule has 1 aromatic heterocycles. The molecule has 0 aliphatic rings. The number of hydrogen-bond donors (Lipinski definition) is 1. The molecule has 2 rings (SSSR count). The predicted molar refractivity (Wildman–Crippen MR) is 64.7 cm³/mol. The Morgan fingerprint density at radius 2 is 2.06 bits per heavy atom. The summed E-state index contributed by atoms with van der Waals surface area (Å²) in [6.07, 6.45) is 3.12. The highest BCUT2D eigenvalue weighted by atomic mass is 16.5. The van der Waals surface area contributed by atoms with Gasteiger partial charge in [-0.1, -0.05) is 18.2 Å². The Hall–Kier alpha value is -2.36. The first kappa shape index (κ1) is 11.1. The van der Waals surface area contributed by atoms with Crippen LogP contribution in [0.25, 0.3) is 11.1 Å². The Bertz CT molecular complexity index is 553. The number of benzene rings is 1. The summed E-state index contributed by atoms with van der Waals surface area (Å²) < 4.78 is 5.26. The van der Waals surface area contributed by atoms with E-state index in [9.17, 15) is 4.79 Å². The Morgan fingerprint density at radius 1 is 1.29 bits per heavy atom. The molecule has 17 heavy (non-hydrogen) atoms. The average Bonchev–Trinajstić information content (AvgIpc) is 2.39. The maximum absolute atomic E-state index is 11.1. The van der Waals surface area contributed by atoms with Gasteiger partial charge < -0.3 is 10.5 Å². The smallest absolute Gasteiger partial charge is 0.250 e. The predicted octanol–water partition coefficient (Wildman–Crippen LogP) is 1.86. The van der Waals surface area contributed by atoms with Crippen LogP contribution in [0, 0.1) is 0 Å². The largest absolute Gasteiger partial charge is 0.496 e. The Morgan fingerprint density at radius 3 is 2.76 bits per heavy atom. The lowest BCUT2D eigenvalue weighted by atomic mass is 10.0. The normalized spacial score (nSPS) is 9.94. The molecule has 0 atom stereocenters.